The fourth-order valence-electron chi connectivity index (χ4n) is 2.59. The maximum Gasteiger partial charge on any atom is 0.258 e. The van der Waals surface area contributed by atoms with Gasteiger partial charge in [-0.05, 0) is 31.7 Å². The van der Waals surface area contributed by atoms with Crippen molar-refractivity contribution in [2.75, 3.05) is 7.05 Å². The van der Waals surface area contributed by atoms with Crippen LogP contribution in [0.15, 0.2) is 59.5 Å². The highest BCUT2D eigenvalue weighted by molar-refractivity contribution is 6.30. The second kappa shape index (κ2) is 6.52. The molecule has 4 nitrogen and oxygen atoms in total. The Bertz CT molecular complexity index is 876. The molecule has 0 saturated heterocycles. The summed E-state index contributed by atoms with van der Waals surface area (Å²) in [4.78, 5) is 18.9. The molecule has 23 heavy (non-hydrogen) atoms. The summed E-state index contributed by atoms with van der Waals surface area (Å²) in [7, 11) is 2.03. The lowest BCUT2D eigenvalue weighted by atomic mass is 10.1. The van der Waals surface area contributed by atoms with Crippen molar-refractivity contribution >= 4 is 17.2 Å². The van der Waals surface area contributed by atoms with Gasteiger partial charge in [0.1, 0.15) is 5.65 Å². The number of benzene rings is 1. The Labute approximate surface area is 140 Å². The van der Waals surface area contributed by atoms with Gasteiger partial charge in [0.15, 0.2) is 0 Å². The standard InChI is InChI=1S/C18H18ClN3O/c1-13(14-6-4-3-5-7-14)21(2)12-16-10-18(23)22-11-15(19)8-9-17(22)20-16/h3-11,13H,12H2,1-2H3/t13-/m0/s1. The highest BCUT2D eigenvalue weighted by Gasteiger charge is 2.13. The first kappa shape index (κ1) is 15.7. The van der Waals surface area contributed by atoms with E-state index in [1.54, 1.807) is 24.4 Å². The SMILES string of the molecule is C[C@@H](c1ccccc1)N(C)Cc1cc(=O)n2cc(Cl)ccc2n1. The van der Waals surface area contributed by atoms with E-state index in [0.717, 1.165) is 5.69 Å². The van der Waals surface area contributed by atoms with E-state index in [-0.39, 0.29) is 11.6 Å². The van der Waals surface area contributed by atoms with Crippen molar-refractivity contribution in [2.45, 2.75) is 19.5 Å². The van der Waals surface area contributed by atoms with Crippen LogP contribution in [0.2, 0.25) is 5.02 Å². The molecule has 118 valence electrons. The quantitative estimate of drug-likeness (QED) is 0.735. The monoisotopic (exact) mass is 327 g/mol. The first-order chi connectivity index (χ1) is 11.0. The van der Waals surface area contributed by atoms with Gasteiger partial charge in [-0.2, -0.15) is 0 Å². The largest absolute Gasteiger partial charge is 0.294 e. The van der Waals surface area contributed by atoms with Gasteiger partial charge in [0, 0.05) is 24.8 Å². The molecular weight excluding hydrogens is 310 g/mol. The van der Waals surface area contributed by atoms with E-state index in [2.05, 4.69) is 28.9 Å². The van der Waals surface area contributed by atoms with Crippen LogP contribution in [-0.2, 0) is 6.54 Å². The molecule has 2 aromatic heterocycles. The molecule has 3 aromatic rings. The third-order valence-corrected chi connectivity index (χ3v) is 4.25. The zero-order valence-electron chi connectivity index (χ0n) is 13.1. The van der Waals surface area contributed by atoms with Gasteiger partial charge in [-0.25, -0.2) is 4.98 Å². The molecule has 0 N–H and O–H groups in total. The summed E-state index contributed by atoms with van der Waals surface area (Å²) in [5.41, 5.74) is 2.48. The van der Waals surface area contributed by atoms with Crippen LogP contribution < -0.4 is 5.56 Å². The van der Waals surface area contributed by atoms with Crippen LogP contribution in [-0.4, -0.2) is 21.3 Å². The maximum absolute atomic E-state index is 12.2. The van der Waals surface area contributed by atoms with Crippen LogP contribution in [0, 0.1) is 0 Å². The Hall–Kier alpha value is -2.17. The molecule has 0 aliphatic carbocycles. The van der Waals surface area contributed by atoms with Gasteiger partial charge in [-0.1, -0.05) is 41.9 Å². The van der Waals surface area contributed by atoms with Crippen molar-refractivity contribution in [3.63, 3.8) is 0 Å². The fourth-order valence-corrected chi connectivity index (χ4v) is 2.75. The Morgan fingerprint density at radius 1 is 1.22 bits per heavy atom. The molecule has 0 saturated carbocycles. The Balaban J connectivity index is 1.86. The Morgan fingerprint density at radius 3 is 2.70 bits per heavy atom. The molecular formula is C18H18ClN3O. The highest BCUT2D eigenvalue weighted by atomic mass is 35.5. The van der Waals surface area contributed by atoms with Crippen LogP contribution >= 0.6 is 11.6 Å². The maximum atomic E-state index is 12.2. The smallest absolute Gasteiger partial charge is 0.258 e. The molecule has 0 bridgehead atoms. The summed E-state index contributed by atoms with van der Waals surface area (Å²) in [5.74, 6) is 0. The Morgan fingerprint density at radius 2 is 1.96 bits per heavy atom. The van der Waals surface area contributed by atoms with E-state index in [1.165, 1.54) is 9.96 Å². The lowest BCUT2D eigenvalue weighted by Gasteiger charge is -2.24. The predicted octanol–water partition coefficient (Wildman–Crippen LogP) is 3.54. The van der Waals surface area contributed by atoms with E-state index in [0.29, 0.717) is 17.2 Å². The van der Waals surface area contributed by atoms with Crippen molar-refractivity contribution in [1.82, 2.24) is 14.3 Å². The lowest BCUT2D eigenvalue weighted by Crippen LogP contribution is -2.24. The molecule has 1 aromatic carbocycles. The third-order valence-electron chi connectivity index (χ3n) is 4.03. The molecule has 5 heteroatoms. The van der Waals surface area contributed by atoms with Gasteiger partial charge in [-0.3, -0.25) is 14.1 Å². The number of pyridine rings is 1. The highest BCUT2D eigenvalue weighted by Crippen LogP contribution is 2.19. The third kappa shape index (κ3) is 3.44. The molecule has 0 unspecified atom stereocenters. The lowest BCUT2D eigenvalue weighted by molar-refractivity contribution is 0.250. The van der Waals surface area contributed by atoms with Crippen molar-refractivity contribution in [3.05, 3.63) is 81.4 Å². The van der Waals surface area contributed by atoms with Gasteiger partial charge in [0.2, 0.25) is 0 Å². The van der Waals surface area contributed by atoms with E-state index in [9.17, 15) is 4.79 Å². The average Bonchev–Trinajstić information content (AvgIpc) is 2.55. The summed E-state index contributed by atoms with van der Waals surface area (Å²) >= 11 is 5.93. The van der Waals surface area contributed by atoms with Crippen molar-refractivity contribution in [3.8, 4) is 0 Å². The molecule has 3 rings (SSSR count). The van der Waals surface area contributed by atoms with E-state index in [4.69, 9.17) is 11.6 Å². The first-order valence-electron chi connectivity index (χ1n) is 7.47. The summed E-state index contributed by atoms with van der Waals surface area (Å²) in [6.45, 7) is 2.74. The van der Waals surface area contributed by atoms with Gasteiger partial charge in [0.25, 0.3) is 5.56 Å². The van der Waals surface area contributed by atoms with E-state index in [1.807, 2.05) is 25.2 Å². The van der Waals surface area contributed by atoms with E-state index < -0.39 is 0 Å². The van der Waals surface area contributed by atoms with E-state index >= 15 is 0 Å². The number of nitrogens with zero attached hydrogens (tertiary/aromatic N) is 3. The summed E-state index contributed by atoms with van der Waals surface area (Å²) in [6.07, 6.45) is 1.59. The number of hydrogen-bond acceptors (Lipinski definition) is 3. The molecule has 0 aliphatic heterocycles. The molecule has 0 radical (unpaired) electrons. The number of hydrogen-bond donors (Lipinski definition) is 0. The second-order valence-electron chi connectivity index (χ2n) is 5.66. The van der Waals surface area contributed by atoms with Crippen molar-refractivity contribution in [1.29, 1.82) is 0 Å². The summed E-state index contributed by atoms with van der Waals surface area (Å²) in [6, 6.07) is 15.6. The van der Waals surface area contributed by atoms with Crippen LogP contribution in [0.4, 0.5) is 0 Å². The topological polar surface area (TPSA) is 37.6 Å². The minimum atomic E-state index is -0.117. The molecule has 0 fully saturated rings. The number of aromatic nitrogens is 2. The number of fused-ring (bicyclic) bond motifs is 1. The zero-order chi connectivity index (χ0) is 16.4. The van der Waals surface area contributed by atoms with Gasteiger partial charge >= 0.3 is 0 Å². The fraction of sp³-hybridized carbons (Fsp3) is 0.222. The summed E-state index contributed by atoms with van der Waals surface area (Å²) in [5, 5.41) is 0.518. The number of halogens is 1. The van der Waals surface area contributed by atoms with Gasteiger partial charge < -0.3 is 0 Å². The van der Waals surface area contributed by atoms with Crippen LogP contribution in [0.5, 0.6) is 0 Å². The minimum Gasteiger partial charge on any atom is -0.294 e. The first-order valence-corrected chi connectivity index (χ1v) is 7.85. The number of rotatable bonds is 4. The van der Waals surface area contributed by atoms with Gasteiger partial charge in [-0.15, -0.1) is 0 Å². The summed E-state index contributed by atoms with van der Waals surface area (Å²) < 4.78 is 1.46. The van der Waals surface area contributed by atoms with Crippen molar-refractivity contribution in [2.24, 2.45) is 0 Å². The van der Waals surface area contributed by atoms with Crippen LogP contribution in [0.25, 0.3) is 5.65 Å². The molecule has 0 spiro atoms. The predicted molar refractivity (Wildman–Crippen MR) is 92.8 cm³/mol. The molecule has 1 atom stereocenters. The second-order valence-corrected chi connectivity index (χ2v) is 6.10. The zero-order valence-corrected chi connectivity index (χ0v) is 13.9. The Kier molecular flexibility index (Phi) is 4.46. The molecule has 0 amide bonds. The molecule has 0 aliphatic rings. The average molecular weight is 328 g/mol. The van der Waals surface area contributed by atoms with Crippen LogP contribution in [0.3, 0.4) is 0 Å². The minimum absolute atomic E-state index is 0.117. The van der Waals surface area contributed by atoms with Crippen LogP contribution in [0.1, 0.15) is 24.2 Å². The molecule has 2 heterocycles. The normalized spacial score (nSPS) is 12.7. The van der Waals surface area contributed by atoms with Crippen molar-refractivity contribution < 1.29 is 0 Å². The van der Waals surface area contributed by atoms with Gasteiger partial charge in [0.05, 0.1) is 10.7 Å².